The Labute approximate surface area is 75.3 Å². The summed E-state index contributed by atoms with van der Waals surface area (Å²) in [4.78, 5) is 2.65. The second kappa shape index (κ2) is 3.75. The second-order valence-electron chi connectivity index (χ2n) is 4.14. The molecule has 1 aliphatic heterocycles. The number of likely N-dealkylation sites (tertiary alicyclic amines) is 1. The van der Waals surface area contributed by atoms with Crippen molar-refractivity contribution in [3.05, 3.63) is 0 Å². The topological polar surface area (TPSA) is 15.3 Å². The highest BCUT2D eigenvalue weighted by Gasteiger charge is 2.31. The molecule has 70 valence electrons. The van der Waals surface area contributed by atoms with Gasteiger partial charge in [0.2, 0.25) is 0 Å². The van der Waals surface area contributed by atoms with Gasteiger partial charge in [0.15, 0.2) is 0 Å². The summed E-state index contributed by atoms with van der Waals surface area (Å²) in [6.45, 7) is 2.70. The van der Waals surface area contributed by atoms with Crippen LogP contribution in [-0.4, -0.2) is 37.1 Å². The molecule has 2 heteroatoms. The zero-order valence-corrected chi connectivity index (χ0v) is 8.05. The predicted molar refractivity (Wildman–Crippen MR) is 51.3 cm³/mol. The van der Waals surface area contributed by atoms with Gasteiger partial charge >= 0.3 is 0 Å². The van der Waals surface area contributed by atoms with Crippen molar-refractivity contribution in [1.82, 2.24) is 10.2 Å². The van der Waals surface area contributed by atoms with E-state index in [4.69, 9.17) is 0 Å². The van der Waals surface area contributed by atoms with Gasteiger partial charge < -0.3 is 5.32 Å². The summed E-state index contributed by atoms with van der Waals surface area (Å²) in [7, 11) is 2.11. The molecule has 12 heavy (non-hydrogen) atoms. The molecule has 2 atom stereocenters. The molecular weight excluding hydrogens is 148 g/mol. The van der Waals surface area contributed by atoms with Gasteiger partial charge in [-0.2, -0.15) is 0 Å². The Bertz CT molecular complexity index is 143. The van der Waals surface area contributed by atoms with Gasteiger partial charge in [0.1, 0.15) is 0 Å². The molecule has 1 saturated carbocycles. The third-order valence-electron chi connectivity index (χ3n) is 3.46. The van der Waals surface area contributed by atoms with Crippen molar-refractivity contribution in [2.24, 2.45) is 0 Å². The van der Waals surface area contributed by atoms with E-state index in [1.807, 2.05) is 0 Å². The first-order valence-corrected chi connectivity index (χ1v) is 5.33. The van der Waals surface area contributed by atoms with E-state index in [9.17, 15) is 0 Å². The fraction of sp³-hybridized carbons (Fsp3) is 1.00. The Balaban J connectivity index is 1.90. The zero-order valence-electron chi connectivity index (χ0n) is 8.05. The monoisotopic (exact) mass is 168 g/mol. The molecule has 2 aliphatic rings. The van der Waals surface area contributed by atoms with Gasteiger partial charge in [0.05, 0.1) is 0 Å². The van der Waals surface area contributed by atoms with Crippen LogP contribution in [0.15, 0.2) is 0 Å². The molecule has 2 rings (SSSR count). The van der Waals surface area contributed by atoms with Gasteiger partial charge in [0.25, 0.3) is 0 Å². The quantitative estimate of drug-likeness (QED) is 0.667. The van der Waals surface area contributed by atoms with E-state index in [1.165, 1.54) is 45.2 Å². The minimum absolute atomic E-state index is 0.777. The maximum absolute atomic E-state index is 3.46. The SMILES string of the molecule is CNC1CCCCC1N1CCC1. The molecule has 1 aliphatic carbocycles. The highest BCUT2D eigenvalue weighted by Crippen LogP contribution is 2.26. The summed E-state index contributed by atoms with van der Waals surface area (Å²) < 4.78 is 0. The maximum atomic E-state index is 3.46. The lowest BCUT2D eigenvalue weighted by molar-refractivity contribution is 0.0691. The van der Waals surface area contributed by atoms with Gasteiger partial charge in [-0.1, -0.05) is 12.8 Å². The first-order chi connectivity index (χ1) is 5.92. The molecule has 0 aromatic heterocycles. The summed E-state index contributed by atoms with van der Waals surface area (Å²) in [5.74, 6) is 0. The highest BCUT2D eigenvalue weighted by molar-refractivity contribution is 4.90. The van der Waals surface area contributed by atoms with Crippen molar-refractivity contribution in [1.29, 1.82) is 0 Å². The lowest BCUT2D eigenvalue weighted by Crippen LogP contribution is -2.55. The van der Waals surface area contributed by atoms with E-state index < -0.39 is 0 Å². The molecular formula is C10H20N2. The Morgan fingerprint density at radius 2 is 1.83 bits per heavy atom. The van der Waals surface area contributed by atoms with Crippen LogP contribution < -0.4 is 5.32 Å². The first kappa shape index (κ1) is 8.52. The third kappa shape index (κ3) is 1.50. The van der Waals surface area contributed by atoms with Crippen molar-refractivity contribution in [2.45, 2.75) is 44.2 Å². The number of hydrogen-bond acceptors (Lipinski definition) is 2. The maximum Gasteiger partial charge on any atom is 0.0249 e. The van der Waals surface area contributed by atoms with E-state index in [2.05, 4.69) is 17.3 Å². The number of hydrogen-bond donors (Lipinski definition) is 1. The minimum atomic E-state index is 0.777. The zero-order chi connectivity index (χ0) is 8.39. The summed E-state index contributed by atoms with van der Waals surface area (Å²) in [6, 6.07) is 1.64. The van der Waals surface area contributed by atoms with E-state index in [0.29, 0.717) is 0 Å². The molecule has 2 unspecified atom stereocenters. The normalized spacial score (nSPS) is 37.8. The lowest BCUT2D eigenvalue weighted by atomic mass is 9.88. The molecule has 0 radical (unpaired) electrons. The Morgan fingerprint density at radius 1 is 1.08 bits per heavy atom. The first-order valence-electron chi connectivity index (χ1n) is 5.33. The van der Waals surface area contributed by atoms with Gasteiger partial charge in [-0.25, -0.2) is 0 Å². The molecule has 1 N–H and O–H groups in total. The Morgan fingerprint density at radius 3 is 2.42 bits per heavy atom. The number of nitrogens with one attached hydrogen (secondary N) is 1. The molecule has 1 heterocycles. The molecule has 0 spiro atoms. The van der Waals surface area contributed by atoms with Crippen LogP contribution in [0.25, 0.3) is 0 Å². The van der Waals surface area contributed by atoms with Crippen molar-refractivity contribution < 1.29 is 0 Å². The minimum Gasteiger partial charge on any atom is -0.315 e. The summed E-state index contributed by atoms with van der Waals surface area (Å²) in [6.07, 6.45) is 7.10. The van der Waals surface area contributed by atoms with Crippen LogP contribution in [0.1, 0.15) is 32.1 Å². The highest BCUT2D eigenvalue weighted by atomic mass is 15.2. The van der Waals surface area contributed by atoms with Gasteiger partial charge in [-0.3, -0.25) is 4.90 Å². The largest absolute Gasteiger partial charge is 0.315 e. The Hall–Kier alpha value is -0.0800. The van der Waals surface area contributed by atoms with Crippen LogP contribution in [0.2, 0.25) is 0 Å². The summed E-state index contributed by atoms with van der Waals surface area (Å²) in [5.41, 5.74) is 0. The molecule has 2 fully saturated rings. The van der Waals surface area contributed by atoms with E-state index in [0.717, 1.165) is 12.1 Å². The van der Waals surface area contributed by atoms with Gasteiger partial charge in [-0.15, -0.1) is 0 Å². The fourth-order valence-electron chi connectivity index (χ4n) is 2.56. The van der Waals surface area contributed by atoms with Crippen molar-refractivity contribution in [3.8, 4) is 0 Å². The summed E-state index contributed by atoms with van der Waals surface area (Å²) in [5, 5.41) is 3.46. The molecule has 2 nitrogen and oxygen atoms in total. The Kier molecular flexibility index (Phi) is 2.66. The van der Waals surface area contributed by atoms with Crippen LogP contribution in [0.3, 0.4) is 0 Å². The average Bonchev–Trinajstić information content (AvgIpc) is 2.02. The molecule has 0 aromatic carbocycles. The third-order valence-corrected chi connectivity index (χ3v) is 3.46. The van der Waals surface area contributed by atoms with Crippen LogP contribution in [-0.2, 0) is 0 Å². The van der Waals surface area contributed by atoms with Gasteiger partial charge in [0, 0.05) is 12.1 Å². The predicted octanol–water partition coefficient (Wildman–Crippen LogP) is 1.22. The molecule has 0 amide bonds. The fourth-order valence-corrected chi connectivity index (χ4v) is 2.56. The molecule has 0 aromatic rings. The van der Waals surface area contributed by atoms with E-state index >= 15 is 0 Å². The van der Waals surface area contributed by atoms with Crippen LogP contribution in [0.5, 0.6) is 0 Å². The van der Waals surface area contributed by atoms with E-state index in [-0.39, 0.29) is 0 Å². The number of likely N-dealkylation sites (N-methyl/N-ethyl adjacent to an activating group) is 1. The number of nitrogens with zero attached hydrogens (tertiary/aromatic N) is 1. The second-order valence-corrected chi connectivity index (χ2v) is 4.14. The summed E-state index contributed by atoms with van der Waals surface area (Å²) >= 11 is 0. The smallest absolute Gasteiger partial charge is 0.0249 e. The van der Waals surface area contributed by atoms with Crippen LogP contribution in [0, 0.1) is 0 Å². The van der Waals surface area contributed by atoms with E-state index in [1.54, 1.807) is 0 Å². The van der Waals surface area contributed by atoms with Crippen molar-refractivity contribution in [3.63, 3.8) is 0 Å². The van der Waals surface area contributed by atoms with Crippen molar-refractivity contribution in [2.75, 3.05) is 20.1 Å². The van der Waals surface area contributed by atoms with Gasteiger partial charge in [-0.05, 0) is 39.4 Å². The van der Waals surface area contributed by atoms with Crippen LogP contribution >= 0.6 is 0 Å². The molecule has 1 saturated heterocycles. The van der Waals surface area contributed by atoms with Crippen molar-refractivity contribution >= 4 is 0 Å². The molecule has 0 bridgehead atoms. The lowest BCUT2D eigenvalue weighted by Gasteiger charge is -2.44. The standard InChI is InChI=1S/C10H20N2/c1-11-9-5-2-3-6-10(9)12-7-4-8-12/h9-11H,2-8H2,1H3. The van der Waals surface area contributed by atoms with Crippen LogP contribution in [0.4, 0.5) is 0 Å². The average molecular weight is 168 g/mol. The number of rotatable bonds is 2.